The molecular weight excluding hydrogens is 120 g/mol. The fourth-order valence-corrected chi connectivity index (χ4v) is 0.577. The van der Waals surface area contributed by atoms with Crippen molar-refractivity contribution >= 4 is 12.0 Å². The summed E-state index contributed by atoms with van der Waals surface area (Å²) in [7, 11) is 0. The van der Waals surface area contributed by atoms with Gasteiger partial charge in [0, 0.05) is 5.75 Å². The Morgan fingerprint density at radius 3 is 2.62 bits per heavy atom. The van der Waals surface area contributed by atoms with Crippen molar-refractivity contribution in [2.45, 2.75) is 0 Å². The summed E-state index contributed by atoms with van der Waals surface area (Å²) >= 11 is 1.39. The Balaban J connectivity index is 2.71. The molecule has 0 N–H and O–H groups in total. The van der Waals surface area contributed by atoms with Gasteiger partial charge >= 0.3 is 0 Å². The second-order valence-electron chi connectivity index (χ2n) is 1.15. The Morgan fingerprint density at radius 1 is 1.38 bits per heavy atom. The van der Waals surface area contributed by atoms with Crippen molar-refractivity contribution in [3.8, 4) is 0 Å². The lowest BCUT2D eigenvalue weighted by Gasteiger charge is -1.92. The van der Waals surface area contributed by atoms with Gasteiger partial charge < -0.3 is 4.18 Å². The largest absolute Gasteiger partial charge is 0.311 e. The molecule has 0 aromatic heterocycles. The Kier molecular flexibility index (Phi) is 6.61. The zero-order valence-corrected chi connectivity index (χ0v) is 5.62. The van der Waals surface area contributed by atoms with Gasteiger partial charge in [0.25, 0.3) is 0 Å². The van der Waals surface area contributed by atoms with Gasteiger partial charge in [-0.1, -0.05) is 12.2 Å². The third-order valence-corrected chi connectivity index (χ3v) is 1.13. The molecule has 0 bridgehead atoms. The molecule has 0 aliphatic carbocycles. The van der Waals surface area contributed by atoms with E-state index in [2.05, 4.69) is 13.2 Å². The molecular formula is C6H10OS. The summed E-state index contributed by atoms with van der Waals surface area (Å²) in [6.45, 7) is 7.64. The average molecular weight is 130 g/mol. The van der Waals surface area contributed by atoms with E-state index in [4.69, 9.17) is 4.18 Å². The molecule has 8 heavy (non-hydrogen) atoms. The average Bonchev–Trinajstić information content (AvgIpc) is 1.81. The Morgan fingerprint density at radius 2 is 2.12 bits per heavy atom. The molecule has 1 nitrogen and oxygen atoms in total. The van der Waals surface area contributed by atoms with Crippen LogP contribution in [0.15, 0.2) is 25.3 Å². The van der Waals surface area contributed by atoms with Crippen molar-refractivity contribution in [2.24, 2.45) is 0 Å². The summed E-state index contributed by atoms with van der Waals surface area (Å²) in [5, 5.41) is 0. The fourth-order valence-electron chi connectivity index (χ4n) is 0.192. The van der Waals surface area contributed by atoms with Crippen LogP contribution in [-0.2, 0) is 4.18 Å². The molecule has 0 radical (unpaired) electrons. The van der Waals surface area contributed by atoms with Gasteiger partial charge in [-0.25, -0.2) is 0 Å². The molecule has 0 spiro atoms. The smallest absolute Gasteiger partial charge is 0.0792 e. The highest BCUT2D eigenvalue weighted by molar-refractivity contribution is 7.94. The molecule has 0 atom stereocenters. The predicted molar refractivity (Wildman–Crippen MR) is 38.8 cm³/mol. The second kappa shape index (κ2) is 6.79. The van der Waals surface area contributed by atoms with Crippen LogP contribution >= 0.6 is 12.0 Å². The zero-order chi connectivity index (χ0) is 6.24. The highest BCUT2D eigenvalue weighted by Crippen LogP contribution is 2.00. The van der Waals surface area contributed by atoms with Crippen LogP contribution in [-0.4, -0.2) is 12.4 Å². The highest BCUT2D eigenvalue weighted by Gasteiger charge is 1.78. The summed E-state index contributed by atoms with van der Waals surface area (Å²) in [5.74, 6) is 0.841. The Bertz CT molecular complexity index is 60.9. The van der Waals surface area contributed by atoms with E-state index in [1.54, 1.807) is 12.2 Å². The van der Waals surface area contributed by atoms with E-state index in [9.17, 15) is 0 Å². The number of rotatable bonds is 5. The van der Waals surface area contributed by atoms with E-state index in [0.29, 0.717) is 6.61 Å². The van der Waals surface area contributed by atoms with Gasteiger partial charge in [0.15, 0.2) is 0 Å². The fraction of sp³-hybridized carbons (Fsp3) is 0.333. The van der Waals surface area contributed by atoms with E-state index in [-0.39, 0.29) is 0 Å². The van der Waals surface area contributed by atoms with Gasteiger partial charge in [0.2, 0.25) is 0 Å². The lowest BCUT2D eigenvalue weighted by atomic mass is 10.7. The van der Waals surface area contributed by atoms with Crippen molar-refractivity contribution < 1.29 is 4.18 Å². The zero-order valence-electron chi connectivity index (χ0n) is 4.80. The molecule has 0 aliphatic rings. The van der Waals surface area contributed by atoms with Crippen LogP contribution in [0.25, 0.3) is 0 Å². The second-order valence-corrected chi connectivity index (χ2v) is 1.95. The molecule has 46 valence electrons. The topological polar surface area (TPSA) is 9.23 Å². The molecule has 2 heteroatoms. The number of hydrogen-bond acceptors (Lipinski definition) is 2. The lowest BCUT2D eigenvalue weighted by Crippen LogP contribution is -1.78. The maximum Gasteiger partial charge on any atom is 0.0792 e. The van der Waals surface area contributed by atoms with E-state index in [1.807, 2.05) is 0 Å². The molecule has 0 saturated carbocycles. The molecule has 0 aromatic carbocycles. The molecule has 0 fully saturated rings. The van der Waals surface area contributed by atoms with E-state index in [1.165, 1.54) is 12.0 Å². The van der Waals surface area contributed by atoms with Gasteiger partial charge in [0.1, 0.15) is 0 Å². The van der Waals surface area contributed by atoms with Crippen LogP contribution in [0.1, 0.15) is 0 Å². The van der Waals surface area contributed by atoms with Crippen LogP contribution in [0.4, 0.5) is 0 Å². The van der Waals surface area contributed by atoms with Crippen LogP contribution < -0.4 is 0 Å². The van der Waals surface area contributed by atoms with Gasteiger partial charge in [-0.3, -0.25) is 0 Å². The summed E-state index contributed by atoms with van der Waals surface area (Å²) in [6.07, 6.45) is 3.52. The maximum absolute atomic E-state index is 4.95. The lowest BCUT2D eigenvalue weighted by molar-refractivity contribution is 0.430. The first-order valence-corrected chi connectivity index (χ1v) is 3.29. The monoisotopic (exact) mass is 130 g/mol. The summed E-state index contributed by atoms with van der Waals surface area (Å²) in [5.41, 5.74) is 0. The summed E-state index contributed by atoms with van der Waals surface area (Å²) in [4.78, 5) is 0. The molecule has 0 aromatic rings. The molecule has 0 unspecified atom stereocenters. The van der Waals surface area contributed by atoms with Crippen LogP contribution in [0, 0.1) is 0 Å². The normalized spacial score (nSPS) is 8.50. The van der Waals surface area contributed by atoms with Gasteiger partial charge in [0.05, 0.1) is 6.61 Å². The van der Waals surface area contributed by atoms with Crippen molar-refractivity contribution in [1.29, 1.82) is 0 Å². The SMILES string of the molecule is C=CCOSCC=C. The summed E-state index contributed by atoms with van der Waals surface area (Å²) in [6, 6.07) is 0. The van der Waals surface area contributed by atoms with Gasteiger partial charge in [-0.15, -0.1) is 13.2 Å². The minimum Gasteiger partial charge on any atom is -0.311 e. The van der Waals surface area contributed by atoms with Crippen LogP contribution in [0.5, 0.6) is 0 Å². The molecule has 0 aliphatic heterocycles. The van der Waals surface area contributed by atoms with Crippen LogP contribution in [0.3, 0.4) is 0 Å². The van der Waals surface area contributed by atoms with Crippen LogP contribution in [0.2, 0.25) is 0 Å². The molecule has 0 heterocycles. The number of hydrogen-bond donors (Lipinski definition) is 0. The van der Waals surface area contributed by atoms with E-state index >= 15 is 0 Å². The van der Waals surface area contributed by atoms with E-state index in [0.717, 1.165) is 5.75 Å². The Labute approximate surface area is 54.6 Å². The standard InChI is InChI=1S/C6H10OS/c1-3-5-7-8-6-4-2/h3-4H,1-2,5-6H2. The van der Waals surface area contributed by atoms with Crippen molar-refractivity contribution in [2.75, 3.05) is 12.4 Å². The van der Waals surface area contributed by atoms with Crippen molar-refractivity contribution in [1.82, 2.24) is 0 Å². The maximum atomic E-state index is 4.95. The first-order chi connectivity index (χ1) is 3.91. The first kappa shape index (κ1) is 7.79. The minimum absolute atomic E-state index is 0.610. The molecule has 0 rings (SSSR count). The van der Waals surface area contributed by atoms with Gasteiger partial charge in [-0.05, 0) is 12.0 Å². The Hall–Kier alpha value is -0.210. The molecule has 0 saturated heterocycles. The predicted octanol–water partition coefficient (Wildman–Crippen LogP) is 2.02. The third-order valence-electron chi connectivity index (χ3n) is 0.455. The van der Waals surface area contributed by atoms with Crippen molar-refractivity contribution in [3.63, 3.8) is 0 Å². The quantitative estimate of drug-likeness (QED) is 0.320. The molecule has 0 amide bonds. The summed E-state index contributed by atoms with van der Waals surface area (Å²) < 4.78 is 4.95. The first-order valence-electron chi connectivity index (χ1n) is 2.38. The van der Waals surface area contributed by atoms with E-state index < -0.39 is 0 Å². The van der Waals surface area contributed by atoms with Crippen molar-refractivity contribution in [3.05, 3.63) is 25.3 Å². The van der Waals surface area contributed by atoms with Gasteiger partial charge in [-0.2, -0.15) is 0 Å². The third kappa shape index (κ3) is 5.79. The minimum atomic E-state index is 0.610. The highest BCUT2D eigenvalue weighted by atomic mass is 32.2.